The van der Waals surface area contributed by atoms with E-state index < -0.39 is 23.8 Å². The van der Waals surface area contributed by atoms with Crippen molar-refractivity contribution in [3.8, 4) is 5.75 Å². The third kappa shape index (κ3) is 5.76. The van der Waals surface area contributed by atoms with Crippen LogP contribution in [0, 0.1) is 0 Å². The first kappa shape index (κ1) is 26.6. The summed E-state index contributed by atoms with van der Waals surface area (Å²) in [5, 5.41) is 2.58. The fraction of sp³-hybridized carbons (Fsp3) is 0.172. The highest BCUT2D eigenvalue weighted by molar-refractivity contribution is 6.53. The molecule has 4 rings (SSSR count). The number of anilines is 2. The van der Waals surface area contributed by atoms with Crippen LogP contribution in [0.15, 0.2) is 83.5 Å². The van der Waals surface area contributed by atoms with Crippen LogP contribution in [-0.2, 0) is 20.7 Å². The first-order chi connectivity index (χ1) is 18.3. The van der Waals surface area contributed by atoms with E-state index in [1.807, 2.05) is 26.0 Å². The zero-order chi connectivity index (χ0) is 27.2. The summed E-state index contributed by atoms with van der Waals surface area (Å²) >= 11 is 6.21. The molecular formula is C29H25ClN2O6. The number of nitrogens with zero attached hydrogens (tertiary/aromatic N) is 1. The normalized spacial score (nSPS) is 13.1. The minimum Gasteiger partial charge on any atom is -0.462 e. The largest absolute Gasteiger partial charge is 0.462 e. The first-order valence-corrected chi connectivity index (χ1v) is 12.4. The van der Waals surface area contributed by atoms with Crippen molar-refractivity contribution >= 4 is 46.7 Å². The van der Waals surface area contributed by atoms with E-state index in [0.29, 0.717) is 35.6 Å². The fourth-order valence-electron chi connectivity index (χ4n) is 3.66. The van der Waals surface area contributed by atoms with Gasteiger partial charge in [-0.25, -0.2) is 14.5 Å². The van der Waals surface area contributed by atoms with E-state index in [4.69, 9.17) is 21.1 Å². The van der Waals surface area contributed by atoms with Gasteiger partial charge in [0.25, 0.3) is 11.8 Å². The summed E-state index contributed by atoms with van der Waals surface area (Å²) in [4.78, 5) is 51.2. The van der Waals surface area contributed by atoms with Gasteiger partial charge in [-0.1, -0.05) is 37.6 Å². The van der Waals surface area contributed by atoms with Crippen LogP contribution in [0.2, 0.25) is 0 Å². The Morgan fingerprint density at radius 3 is 2.03 bits per heavy atom. The van der Waals surface area contributed by atoms with Crippen molar-refractivity contribution in [1.82, 2.24) is 0 Å². The summed E-state index contributed by atoms with van der Waals surface area (Å²) < 4.78 is 10.5. The van der Waals surface area contributed by atoms with Crippen LogP contribution >= 0.6 is 11.6 Å². The highest BCUT2D eigenvalue weighted by Crippen LogP contribution is 2.30. The van der Waals surface area contributed by atoms with Crippen LogP contribution in [0.5, 0.6) is 5.75 Å². The second kappa shape index (κ2) is 11.7. The topological polar surface area (TPSA) is 102 Å². The molecule has 194 valence electrons. The molecule has 0 bridgehead atoms. The van der Waals surface area contributed by atoms with Crippen molar-refractivity contribution in [2.24, 2.45) is 0 Å². The van der Waals surface area contributed by atoms with Crippen molar-refractivity contribution in [2.75, 3.05) is 16.8 Å². The second-order valence-corrected chi connectivity index (χ2v) is 8.78. The van der Waals surface area contributed by atoms with Gasteiger partial charge < -0.3 is 14.8 Å². The molecule has 1 aliphatic rings. The van der Waals surface area contributed by atoms with E-state index >= 15 is 0 Å². The lowest BCUT2D eigenvalue weighted by molar-refractivity contribution is -0.120. The van der Waals surface area contributed by atoms with Gasteiger partial charge in [-0.15, -0.1) is 0 Å². The molecule has 1 N–H and O–H groups in total. The van der Waals surface area contributed by atoms with Gasteiger partial charge in [-0.2, -0.15) is 0 Å². The average Bonchev–Trinajstić information content (AvgIpc) is 3.15. The lowest BCUT2D eigenvalue weighted by atomic mass is 10.1. The highest BCUT2D eigenvalue weighted by Gasteiger charge is 2.39. The Morgan fingerprint density at radius 1 is 0.816 bits per heavy atom. The number of aryl methyl sites for hydroxylation is 1. The Kier molecular flexibility index (Phi) is 8.23. The monoisotopic (exact) mass is 532 g/mol. The molecule has 8 nitrogen and oxygen atoms in total. The SMILES string of the molecule is CCCOC(=O)c1ccc(N2C(=O)C(Cl)=C(Nc3ccc(C(=O)Oc4ccc(CC)cc4)cc3)C2=O)cc1. The fourth-order valence-corrected chi connectivity index (χ4v) is 3.88. The molecule has 2 amide bonds. The number of halogens is 1. The Hall–Kier alpha value is -4.43. The van der Waals surface area contributed by atoms with E-state index in [0.717, 1.165) is 16.9 Å². The number of carbonyl (C=O) groups excluding carboxylic acids is 4. The molecule has 0 aromatic heterocycles. The number of imide groups is 1. The molecule has 0 fully saturated rings. The molecule has 38 heavy (non-hydrogen) atoms. The van der Waals surface area contributed by atoms with Gasteiger partial charge >= 0.3 is 11.9 Å². The van der Waals surface area contributed by atoms with Crippen LogP contribution in [0.4, 0.5) is 11.4 Å². The zero-order valence-corrected chi connectivity index (χ0v) is 21.6. The molecule has 0 unspecified atom stereocenters. The van der Waals surface area contributed by atoms with E-state index in [9.17, 15) is 19.2 Å². The zero-order valence-electron chi connectivity index (χ0n) is 20.8. The third-order valence-electron chi connectivity index (χ3n) is 5.76. The second-order valence-electron chi connectivity index (χ2n) is 8.41. The van der Waals surface area contributed by atoms with Crippen LogP contribution in [0.3, 0.4) is 0 Å². The molecule has 0 spiro atoms. The average molecular weight is 533 g/mol. The number of amides is 2. The highest BCUT2D eigenvalue weighted by atomic mass is 35.5. The number of rotatable bonds is 9. The number of esters is 2. The molecular weight excluding hydrogens is 508 g/mol. The third-order valence-corrected chi connectivity index (χ3v) is 6.11. The standard InChI is InChI=1S/C29H25ClN2O6/c1-3-17-37-28(35)19-9-13-22(14-10-19)32-26(33)24(30)25(27(32)34)31-21-11-7-20(8-12-21)29(36)38-23-15-5-18(4-2)6-16-23/h5-16,31H,3-4,17H2,1-2H3. The number of ether oxygens (including phenoxy) is 2. The number of hydrogen-bond acceptors (Lipinski definition) is 7. The first-order valence-electron chi connectivity index (χ1n) is 12.1. The van der Waals surface area contributed by atoms with Crippen molar-refractivity contribution < 1.29 is 28.7 Å². The maximum absolute atomic E-state index is 13.0. The van der Waals surface area contributed by atoms with E-state index in [-0.39, 0.29) is 16.4 Å². The van der Waals surface area contributed by atoms with Crippen LogP contribution in [0.1, 0.15) is 46.5 Å². The lowest BCUT2D eigenvalue weighted by Gasteiger charge is -2.15. The van der Waals surface area contributed by atoms with Crippen molar-refractivity contribution in [1.29, 1.82) is 0 Å². The van der Waals surface area contributed by atoms with Crippen molar-refractivity contribution in [3.63, 3.8) is 0 Å². The summed E-state index contributed by atoms with van der Waals surface area (Å²) in [5.41, 5.74) is 2.34. The molecule has 0 atom stereocenters. The Balaban J connectivity index is 1.42. The van der Waals surface area contributed by atoms with Crippen molar-refractivity contribution in [3.05, 3.63) is 100 Å². The van der Waals surface area contributed by atoms with E-state index in [2.05, 4.69) is 5.32 Å². The molecule has 3 aromatic carbocycles. The molecule has 0 radical (unpaired) electrons. The maximum atomic E-state index is 13.0. The molecule has 1 heterocycles. The van der Waals surface area contributed by atoms with E-state index in [1.165, 1.54) is 36.4 Å². The van der Waals surface area contributed by atoms with Gasteiger partial charge in [-0.05, 0) is 79.1 Å². The summed E-state index contributed by atoms with van der Waals surface area (Å²) in [6.45, 7) is 4.23. The number of benzene rings is 3. The number of nitrogens with one attached hydrogen (secondary N) is 1. The minimum absolute atomic E-state index is 0.102. The van der Waals surface area contributed by atoms with Gasteiger partial charge in [0.15, 0.2) is 0 Å². The maximum Gasteiger partial charge on any atom is 0.343 e. The smallest absolute Gasteiger partial charge is 0.343 e. The van der Waals surface area contributed by atoms with Gasteiger partial charge in [0.2, 0.25) is 0 Å². The van der Waals surface area contributed by atoms with Crippen LogP contribution < -0.4 is 15.0 Å². The lowest BCUT2D eigenvalue weighted by Crippen LogP contribution is -2.32. The summed E-state index contributed by atoms with van der Waals surface area (Å²) in [7, 11) is 0. The predicted molar refractivity (Wildman–Crippen MR) is 143 cm³/mol. The molecule has 0 saturated heterocycles. The Labute approximate surface area is 224 Å². The van der Waals surface area contributed by atoms with Gasteiger partial charge in [-0.3, -0.25) is 9.59 Å². The minimum atomic E-state index is -0.699. The predicted octanol–water partition coefficient (Wildman–Crippen LogP) is 5.47. The summed E-state index contributed by atoms with van der Waals surface area (Å²) in [5.74, 6) is -1.93. The quantitative estimate of drug-likeness (QED) is 0.221. The molecule has 0 aliphatic carbocycles. The molecule has 9 heteroatoms. The van der Waals surface area contributed by atoms with Gasteiger partial charge in [0, 0.05) is 5.69 Å². The van der Waals surface area contributed by atoms with Crippen molar-refractivity contribution in [2.45, 2.75) is 26.7 Å². The molecule has 1 aliphatic heterocycles. The van der Waals surface area contributed by atoms with Gasteiger partial charge in [0.05, 0.1) is 23.4 Å². The summed E-state index contributed by atoms with van der Waals surface area (Å²) in [6.07, 6.45) is 1.58. The van der Waals surface area contributed by atoms with Crippen LogP contribution in [0.25, 0.3) is 0 Å². The van der Waals surface area contributed by atoms with Gasteiger partial charge in [0.1, 0.15) is 16.5 Å². The number of hydrogen-bond donors (Lipinski definition) is 1. The Morgan fingerprint density at radius 2 is 1.42 bits per heavy atom. The van der Waals surface area contributed by atoms with Crippen LogP contribution in [-0.4, -0.2) is 30.4 Å². The molecule has 3 aromatic rings. The molecule has 0 saturated carbocycles. The Bertz CT molecular complexity index is 1400. The number of carbonyl (C=O) groups is 4. The van der Waals surface area contributed by atoms with E-state index in [1.54, 1.807) is 24.3 Å². The summed E-state index contributed by atoms with van der Waals surface area (Å²) in [6, 6.07) is 19.4.